The summed E-state index contributed by atoms with van der Waals surface area (Å²) in [5.41, 5.74) is -0.148. The Kier molecular flexibility index (Phi) is 6.60. The van der Waals surface area contributed by atoms with Crippen LogP contribution in [0.5, 0.6) is 11.5 Å². The summed E-state index contributed by atoms with van der Waals surface area (Å²) in [6.07, 6.45) is 1.32. The summed E-state index contributed by atoms with van der Waals surface area (Å²) in [4.78, 5) is 12.1. The molecule has 1 aliphatic rings. The van der Waals surface area contributed by atoms with Gasteiger partial charge in [-0.3, -0.25) is 0 Å². The largest absolute Gasteiger partial charge is 0.504 e. The lowest BCUT2D eigenvalue weighted by Gasteiger charge is -2.32. The van der Waals surface area contributed by atoms with Crippen molar-refractivity contribution >= 4 is 19.3 Å². The van der Waals surface area contributed by atoms with Crippen molar-refractivity contribution in [3.05, 3.63) is 29.2 Å². The van der Waals surface area contributed by atoms with Crippen LogP contribution in [-0.4, -0.2) is 48.8 Å². The topological polar surface area (TPSA) is 86.3 Å². The zero-order chi connectivity index (χ0) is 22.0. The number of nitrogens with one attached hydrogen (secondary N) is 1. The second-order valence-electron chi connectivity index (χ2n) is 9.09. The second kappa shape index (κ2) is 8.28. The predicted octanol–water partition coefficient (Wildman–Crippen LogP) is 3.94. The zero-order valence-electron chi connectivity index (χ0n) is 18.6. The van der Waals surface area contributed by atoms with E-state index >= 15 is 0 Å². The number of amides is 1. The van der Waals surface area contributed by atoms with Crippen LogP contribution in [0, 0.1) is 0 Å². The maximum atomic E-state index is 12.1. The van der Waals surface area contributed by atoms with Crippen molar-refractivity contribution in [1.29, 1.82) is 0 Å². The van der Waals surface area contributed by atoms with Crippen molar-refractivity contribution in [2.24, 2.45) is 0 Å². The molecule has 2 rings (SSSR count). The van der Waals surface area contributed by atoms with Crippen LogP contribution in [0.1, 0.15) is 54.0 Å². The van der Waals surface area contributed by atoms with Crippen molar-refractivity contribution in [2.45, 2.75) is 65.3 Å². The molecule has 29 heavy (non-hydrogen) atoms. The first kappa shape index (κ1) is 23.1. The molecule has 1 aliphatic heterocycles. The smallest absolute Gasteiger partial charge is 0.492 e. The molecule has 0 aliphatic carbocycles. The molecule has 7 nitrogen and oxygen atoms in total. The van der Waals surface area contributed by atoms with Crippen LogP contribution in [-0.2, 0) is 14.0 Å². The predicted molar refractivity (Wildman–Crippen MR) is 113 cm³/mol. The number of benzene rings is 1. The molecule has 1 fully saturated rings. The fourth-order valence-corrected chi connectivity index (χ4v) is 2.68. The number of hydrogen-bond donors (Lipinski definition) is 2. The fourth-order valence-electron chi connectivity index (χ4n) is 2.68. The fraction of sp³-hybridized carbons (Fsp3) is 0.571. The average Bonchev–Trinajstić information content (AvgIpc) is 2.79. The van der Waals surface area contributed by atoms with Crippen molar-refractivity contribution < 1.29 is 28.7 Å². The first-order valence-corrected chi connectivity index (χ1v) is 9.64. The standard InChI is InChI=1S/C21H32BNO6/c1-19(2,3)27-18(25)23-13-15(22-28-20(4,5)21(6,7)29-22)11-14-9-10-16(24)17(12-14)26-8/h9-12,24H,13H2,1-8H3,(H,23,25). The van der Waals surface area contributed by atoms with Crippen molar-refractivity contribution in [1.82, 2.24) is 5.32 Å². The molecule has 160 valence electrons. The Morgan fingerprint density at radius 1 is 1.21 bits per heavy atom. The molecule has 1 aromatic rings. The molecule has 0 aromatic heterocycles. The number of phenolic OH excluding ortho intramolecular Hbond substituents is 1. The summed E-state index contributed by atoms with van der Waals surface area (Å²) in [7, 11) is 0.844. The van der Waals surface area contributed by atoms with Crippen LogP contribution in [0.3, 0.4) is 0 Å². The van der Waals surface area contributed by atoms with Gasteiger partial charge in [0.2, 0.25) is 0 Å². The third kappa shape index (κ3) is 5.90. The van der Waals surface area contributed by atoms with Crippen LogP contribution in [0.15, 0.2) is 23.7 Å². The number of methoxy groups -OCH3 is 1. The number of carbonyl (C=O) groups excluding carboxylic acids is 1. The molecule has 1 aromatic carbocycles. The highest BCUT2D eigenvalue weighted by atomic mass is 16.7. The molecular formula is C21H32BNO6. The maximum Gasteiger partial charge on any atom is 0.492 e. The Labute approximate surface area is 173 Å². The molecule has 2 N–H and O–H groups in total. The van der Waals surface area contributed by atoms with Gasteiger partial charge in [-0.2, -0.15) is 0 Å². The molecular weight excluding hydrogens is 373 g/mol. The first-order valence-electron chi connectivity index (χ1n) is 9.64. The Balaban J connectivity index is 2.30. The number of aromatic hydroxyl groups is 1. The number of alkyl carbamates (subject to hydrolysis) is 1. The minimum atomic E-state index is -0.644. The second-order valence-corrected chi connectivity index (χ2v) is 9.09. The third-order valence-corrected chi connectivity index (χ3v) is 4.95. The van der Waals surface area contributed by atoms with E-state index in [1.165, 1.54) is 7.11 Å². The molecule has 0 saturated carbocycles. The third-order valence-electron chi connectivity index (χ3n) is 4.95. The van der Waals surface area contributed by atoms with Gasteiger partial charge in [-0.05, 0) is 71.6 Å². The van der Waals surface area contributed by atoms with E-state index in [1.807, 2.05) is 33.8 Å². The summed E-state index contributed by atoms with van der Waals surface area (Å²) >= 11 is 0. The van der Waals surface area contributed by atoms with E-state index in [2.05, 4.69) is 5.32 Å². The van der Waals surface area contributed by atoms with Crippen LogP contribution >= 0.6 is 0 Å². The Bertz CT molecular complexity index is 766. The van der Waals surface area contributed by atoms with Gasteiger partial charge in [0.15, 0.2) is 11.5 Å². The lowest BCUT2D eigenvalue weighted by Crippen LogP contribution is -2.41. The van der Waals surface area contributed by atoms with Crippen LogP contribution in [0.2, 0.25) is 0 Å². The van der Waals surface area contributed by atoms with Crippen LogP contribution in [0.4, 0.5) is 4.79 Å². The molecule has 0 unspecified atom stereocenters. The minimum absolute atomic E-state index is 0.0497. The number of phenols is 1. The van der Waals surface area contributed by atoms with Crippen molar-refractivity contribution in [2.75, 3.05) is 13.7 Å². The van der Waals surface area contributed by atoms with Gasteiger partial charge in [-0.1, -0.05) is 12.1 Å². The van der Waals surface area contributed by atoms with E-state index in [0.717, 1.165) is 5.56 Å². The number of rotatable bonds is 5. The van der Waals surface area contributed by atoms with Gasteiger partial charge in [-0.15, -0.1) is 0 Å². The van der Waals surface area contributed by atoms with Gasteiger partial charge in [0.1, 0.15) is 5.60 Å². The van der Waals surface area contributed by atoms with E-state index in [-0.39, 0.29) is 12.3 Å². The summed E-state index contributed by atoms with van der Waals surface area (Å²) in [6, 6.07) is 5.00. The van der Waals surface area contributed by atoms with Gasteiger partial charge in [0.05, 0.1) is 18.3 Å². The number of hydrogen-bond acceptors (Lipinski definition) is 6. The van der Waals surface area contributed by atoms with E-state index in [9.17, 15) is 9.90 Å². The van der Waals surface area contributed by atoms with Crippen molar-refractivity contribution in [3.63, 3.8) is 0 Å². The minimum Gasteiger partial charge on any atom is -0.504 e. The van der Waals surface area contributed by atoms with Crippen molar-refractivity contribution in [3.8, 4) is 11.5 Å². The first-order chi connectivity index (χ1) is 13.2. The van der Waals surface area contributed by atoms with Crippen LogP contribution < -0.4 is 10.1 Å². The lowest BCUT2D eigenvalue weighted by atomic mass is 9.77. The average molecular weight is 405 g/mol. The summed E-state index contributed by atoms with van der Waals surface area (Å²) in [5, 5.41) is 12.6. The van der Waals surface area contributed by atoms with E-state index in [0.29, 0.717) is 11.2 Å². The molecule has 0 radical (unpaired) electrons. The molecule has 0 atom stereocenters. The zero-order valence-corrected chi connectivity index (χ0v) is 18.6. The van der Waals surface area contributed by atoms with Gasteiger partial charge in [0, 0.05) is 6.54 Å². The molecule has 8 heteroatoms. The lowest BCUT2D eigenvalue weighted by molar-refractivity contribution is 0.00578. The molecule has 0 spiro atoms. The Morgan fingerprint density at radius 2 is 1.79 bits per heavy atom. The van der Waals surface area contributed by atoms with E-state index < -0.39 is 30.0 Å². The van der Waals surface area contributed by atoms with E-state index in [4.69, 9.17) is 18.8 Å². The van der Waals surface area contributed by atoms with Gasteiger partial charge in [0.25, 0.3) is 0 Å². The number of carbonyl (C=O) groups is 1. The number of ether oxygens (including phenoxy) is 2. The Hall–Kier alpha value is -2.19. The normalized spacial score (nSPS) is 18.5. The Morgan fingerprint density at radius 3 is 2.31 bits per heavy atom. The van der Waals surface area contributed by atoms with Gasteiger partial charge in [-0.25, -0.2) is 4.79 Å². The quantitative estimate of drug-likeness (QED) is 0.722. The van der Waals surface area contributed by atoms with E-state index in [1.54, 1.807) is 39.0 Å². The summed E-state index contributed by atoms with van der Waals surface area (Å²) in [5.74, 6) is 0.404. The summed E-state index contributed by atoms with van der Waals surface area (Å²) in [6.45, 7) is 13.5. The SMILES string of the molecule is COc1cc(C=C(CNC(=O)OC(C)(C)C)B2OC(C)(C)C(C)(C)O2)ccc1O. The molecule has 0 bridgehead atoms. The van der Waals surface area contributed by atoms with Gasteiger partial charge >= 0.3 is 13.2 Å². The summed E-state index contributed by atoms with van der Waals surface area (Å²) < 4.78 is 22.8. The molecule has 1 saturated heterocycles. The monoisotopic (exact) mass is 405 g/mol. The highest BCUT2D eigenvalue weighted by molar-refractivity contribution is 6.56. The van der Waals surface area contributed by atoms with Gasteiger partial charge < -0.3 is 29.2 Å². The highest BCUT2D eigenvalue weighted by Crippen LogP contribution is 2.39. The highest BCUT2D eigenvalue weighted by Gasteiger charge is 2.52. The maximum absolute atomic E-state index is 12.1. The molecule has 1 amide bonds. The van der Waals surface area contributed by atoms with Crippen LogP contribution in [0.25, 0.3) is 6.08 Å². The molecule has 1 heterocycles.